The molecule has 2 atom stereocenters. The highest BCUT2D eigenvalue weighted by atomic mass is 35.5. The van der Waals surface area contributed by atoms with Crippen LogP contribution in [0.25, 0.3) is 0 Å². The van der Waals surface area contributed by atoms with E-state index in [9.17, 15) is 4.79 Å². The molecule has 2 heterocycles. The first-order valence-corrected chi connectivity index (χ1v) is 7.71. The van der Waals surface area contributed by atoms with Crippen LogP contribution in [-0.2, 0) is 14.3 Å². The Morgan fingerprint density at radius 2 is 1.89 bits per heavy atom. The Balaban J connectivity index is 1.43. The summed E-state index contributed by atoms with van der Waals surface area (Å²) < 4.78 is 10.5. The van der Waals surface area contributed by atoms with Crippen molar-refractivity contribution < 1.29 is 14.3 Å². The van der Waals surface area contributed by atoms with Crippen LogP contribution in [0.4, 0.5) is 0 Å². The van der Waals surface area contributed by atoms with Gasteiger partial charge in [0.1, 0.15) is 4.33 Å². The SMILES string of the molecule is O=C(C1CC1(Cl)Cl)N1CCC(OC2CCOC2)CC1. The molecule has 1 aliphatic carbocycles. The summed E-state index contributed by atoms with van der Waals surface area (Å²) in [7, 11) is 0. The summed E-state index contributed by atoms with van der Waals surface area (Å²) in [6, 6.07) is 0. The van der Waals surface area contributed by atoms with Crippen molar-refractivity contribution in [1.82, 2.24) is 4.90 Å². The number of alkyl halides is 2. The number of amides is 1. The highest BCUT2D eigenvalue weighted by Gasteiger charge is 2.57. The van der Waals surface area contributed by atoms with Gasteiger partial charge in [-0.3, -0.25) is 4.79 Å². The van der Waals surface area contributed by atoms with Crippen molar-refractivity contribution in [3.63, 3.8) is 0 Å². The molecule has 0 aromatic carbocycles. The minimum absolute atomic E-state index is 0.104. The Hall–Kier alpha value is -0.0300. The van der Waals surface area contributed by atoms with Crippen LogP contribution in [0, 0.1) is 5.92 Å². The van der Waals surface area contributed by atoms with Gasteiger partial charge in [0, 0.05) is 19.7 Å². The molecule has 0 bridgehead atoms. The van der Waals surface area contributed by atoms with Crippen molar-refractivity contribution in [3.8, 4) is 0 Å². The average Bonchev–Trinajstić information content (AvgIpc) is 2.79. The predicted octanol–water partition coefficient (Wildman–Crippen LogP) is 1.98. The van der Waals surface area contributed by atoms with Crippen LogP contribution < -0.4 is 0 Å². The van der Waals surface area contributed by atoms with Gasteiger partial charge in [-0.05, 0) is 25.7 Å². The molecule has 19 heavy (non-hydrogen) atoms. The second kappa shape index (κ2) is 5.40. The van der Waals surface area contributed by atoms with Gasteiger partial charge in [0.15, 0.2) is 0 Å². The highest BCUT2D eigenvalue weighted by Crippen LogP contribution is 2.54. The number of nitrogens with zero attached hydrogens (tertiary/aromatic N) is 1. The van der Waals surface area contributed by atoms with E-state index in [0.29, 0.717) is 13.0 Å². The normalized spacial score (nSPS) is 34.5. The van der Waals surface area contributed by atoms with Crippen LogP contribution in [0.3, 0.4) is 0 Å². The Kier molecular flexibility index (Phi) is 3.96. The third-order valence-corrected chi connectivity index (χ3v) is 4.99. The van der Waals surface area contributed by atoms with Crippen molar-refractivity contribution in [2.24, 2.45) is 5.92 Å². The Morgan fingerprint density at radius 3 is 2.42 bits per heavy atom. The summed E-state index contributed by atoms with van der Waals surface area (Å²) in [6.07, 6.45) is 3.87. The number of halogens is 2. The van der Waals surface area contributed by atoms with E-state index in [1.165, 1.54) is 0 Å². The lowest BCUT2D eigenvalue weighted by molar-refractivity contribution is -0.136. The van der Waals surface area contributed by atoms with Gasteiger partial charge in [0.25, 0.3) is 0 Å². The summed E-state index contributed by atoms with van der Waals surface area (Å²) in [5.74, 6) is -0.0933. The second-order valence-corrected chi connectivity index (χ2v) is 7.21. The molecule has 3 aliphatic rings. The Bertz CT molecular complexity index is 350. The standard InChI is InChI=1S/C13H19Cl2NO3/c14-13(15)7-11(13)12(17)16-4-1-9(2-5-16)19-10-3-6-18-8-10/h9-11H,1-8H2. The highest BCUT2D eigenvalue weighted by molar-refractivity contribution is 6.52. The lowest BCUT2D eigenvalue weighted by atomic mass is 10.1. The van der Waals surface area contributed by atoms with Crippen molar-refractivity contribution in [2.75, 3.05) is 26.3 Å². The maximum atomic E-state index is 12.1. The molecule has 6 heteroatoms. The van der Waals surface area contributed by atoms with Crippen molar-refractivity contribution in [2.45, 2.75) is 42.2 Å². The molecular formula is C13H19Cl2NO3. The molecule has 3 rings (SSSR count). The maximum Gasteiger partial charge on any atom is 0.228 e. The molecule has 1 saturated carbocycles. The van der Waals surface area contributed by atoms with E-state index in [-0.39, 0.29) is 24.0 Å². The maximum absolute atomic E-state index is 12.1. The molecule has 1 amide bonds. The number of likely N-dealkylation sites (tertiary alicyclic amines) is 1. The van der Waals surface area contributed by atoms with Gasteiger partial charge in [-0.25, -0.2) is 0 Å². The first-order chi connectivity index (χ1) is 9.06. The molecule has 0 aromatic rings. The molecular weight excluding hydrogens is 289 g/mol. The molecule has 2 unspecified atom stereocenters. The number of hydrogen-bond donors (Lipinski definition) is 0. The number of piperidine rings is 1. The van der Waals surface area contributed by atoms with Crippen LogP contribution in [0.2, 0.25) is 0 Å². The fourth-order valence-electron chi connectivity index (χ4n) is 2.81. The van der Waals surface area contributed by atoms with E-state index in [1.54, 1.807) is 0 Å². The summed E-state index contributed by atoms with van der Waals surface area (Å²) >= 11 is 11.9. The molecule has 0 spiro atoms. The second-order valence-electron chi connectivity index (χ2n) is 5.66. The van der Waals surface area contributed by atoms with Gasteiger partial charge in [-0.1, -0.05) is 0 Å². The van der Waals surface area contributed by atoms with E-state index < -0.39 is 4.33 Å². The lowest BCUT2D eigenvalue weighted by Gasteiger charge is -2.33. The van der Waals surface area contributed by atoms with Crippen molar-refractivity contribution >= 4 is 29.1 Å². The molecule has 4 nitrogen and oxygen atoms in total. The van der Waals surface area contributed by atoms with Crippen LogP contribution in [0.1, 0.15) is 25.7 Å². The van der Waals surface area contributed by atoms with Crippen LogP contribution in [-0.4, -0.2) is 53.7 Å². The van der Waals surface area contributed by atoms with Gasteiger partial charge in [-0.2, -0.15) is 0 Å². The summed E-state index contributed by atoms with van der Waals surface area (Å²) in [5, 5.41) is 0. The van der Waals surface area contributed by atoms with Gasteiger partial charge in [0.2, 0.25) is 5.91 Å². The number of carbonyl (C=O) groups excluding carboxylic acids is 1. The van der Waals surface area contributed by atoms with E-state index in [2.05, 4.69) is 0 Å². The molecule has 0 aromatic heterocycles. The Morgan fingerprint density at radius 1 is 1.21 bits per heavy atom. The van der Waals surface area contributed by atoms with Crippen LogP contribution in [0.5, 0.6) is 0 Å². The topological polar surface area (TPSA) is 38.8 Å². The van der Waals surface area contributed by atoms with Gasteiger partial charge in [0.05, 0.1) is 24.7 Å². The largest absolute Gasteiger partial charge is 0.379 e. The zero-order chi connectivity index (χ0) is 13.5. The molecule has 0 radical (unpaired) electrons. The first kappa shape index (κ1) is 13.9. The van der Waals surface area contributed by atoms with E-state index in [4.69, 9.17) is 32.7 Å². The van der Waals surface area contributed by atoms with E-state index in [1.807, 2.05) is 4.90 Å². The lowest BCUT2D eigenvalue weighted by Crippen LogP contribution is -2.43. The number of ether oxygens (including phenoxy) is 2. The fourth-order valence-corrected chi connectivity index (χ4v) is 3.30. The molecule has 2 aliphatic heterocycles. The minimum atomic E-state index is -0.814. The smallest absolute Gasteiger partial charge is 0.228 e. The fraction of sp³-hybridized carbons (Fsp3) is 0.923. The molecule has 0 N–H and O–H groups in total. The van der Waals surface area contributed by atoms with E-state index in [0.717, 1.165) is 39.0 Å². The quantitative estimate of drug-likeness (QED) is 0.748. The average molecular weight is 308 g/mol. The number of carbonyl (C=O) groups is 1. The van der Waals surface area contributed by atoms with Crippen molar-refractivity contribution in [1.29, 1.82) is 0 Å². The first-order valence-electron chi connectivity index (χ1n) is 6.96. The van der Waals surface area contributed by atoms with Crippen LogP contribution >= 0.6 is 23.2 Å². The monoisotopic (exact) mass is 307 g/mol. The zero-order valence-electron chi connectivity index (χ0n) is 10.8. The summed E-state index contributed by atoms with van der Waals surface area (Å²) in [6.45, 7) is 3.01. The van der Waals surface area contributed by atoms with Gasteiger partial charge in [-0.15, -0.1) is 23.2 Å². The zero-order valence-corrected chi connectivity index (χ0v) is 12.3. The van der Waals surface area contributed by atoms with E-state index >= 15 is 0 Å². The molecule has 2 saturated heterocycles. The Labute approximate surface area is 123 Å². The van der Waals surface area contributed by atoms with Crippen molar-refractivity contribution in [3.05, 3.63) is 0 Å². The minimum Gasteiger partial charge on any atom is -0.379 e. The molecule has 108 valence electrons. The summed E-state index contributed by atoms with van der Waals surface area (Å²) in [5.41, 5.74) is 0. The van der Waals surface area contributed by atoms with Gasteiger partial charge < -0.3 is 14.4 Å². The number of hydrogen-bond acceptors (Lipinski definition) is 3. The predicted molar refractivity (Wildman–Crippen MR) is 72.5 cm³/mol. The summed E-state index contributed by atoms with van der Waals surface area (Å²) in [4.78, 5) is 14.0. The van der Waals surface area contributed by atoms with Gasteiger partial charge >= 0.3 is 0 Å². The van der Waals surface area contributed by atoms with Crippen LogP contribution in [0.15, 0.2) is 0 Å². The molecule has 3 fully saturated rings. The third kappa shape index (κ3) is 3.18. The number of rotatable bonds is 3. The third-order valence-electron chi connectivity index (χ3n) is 4.15.